The zero-order valence-electron chi connectivity index (χ0n) is 9.48. The van der Waals surface area contributed by atoms with Gasteiger partial charge in [-0.1, -0.05) is 0 Å². The van der Waals surface area contributed by atoms with E-state index in [0.717, 1.165) is 32.5 Å². The SMILES string of the molecule is NC1Cc2cnc(C3CCCOC3)cc2C1. The molecule has 16 heavy (non-hydrogen) atoms. The van der Waals surface area contributed by atoms with Gasteiger partial charge in [0, 0.05) is 30.5 Å². The Bertz CT molecular complexity index is 386. The van der Waals surface area contributed by atoms with Gasteiger partial charge >= 0.3 is 0 Å². The Hall–Kier alpha value is -0.930. The van der Waals surface area contributed by atoms with Crippen LogP contribution in [-0.2, 0) is 17.6 Å². The highest BCUT2D eigenvalue weighted by Crippen LogP contribution is 2.28. The molecule has 0 aromatic carbocycles. The standard InChI is InChI=1S/C13H18N2O/c14-12-4-10-6-13(15-7-11(10)5-12)9-2-1-3-16-8-9/h6-7,9,12H,1-5,8,14H2. The second kappa shape index (κ2) is 4.15. The lowest BCUT2D eigenvalue weighted by molar-refractivity contribution is 0.0793. The van der Waals surface area contributed by atoms with E-state index >= 15 is 0 Å². The first-order valence-corrected chi connectivity index (χ1v) is 6.14. The summed E-state index contributed by atoms with van der Waals surface area (Å²) in [5.41, 5.74) is 9.91. The van der Waals surface area contributed by atoms with Crippen molar-refractivity contribution in [2.24, 2.45) is 5.73 Å². The Kier molecular flexibility index (Phi) is 2.65. The van der Waals surface area contributed by atoms with Gasteiger partial charge in [-0.05, 0) is 42.9 Å². The fraction of sp³-hybridized carbons (Fsp3) is 0.615. The van der Waals surface area contributed by atoms with Crippen molar-refractivity contribution in [1.29, 1.82) is 0 Å². The molecule has 1 fully saturated rings. The van der Waals surface area contributed by atoms with Gasteiger partial charge in [-0.25, -0.2) is 0 Å². The van der Waals surface area contributed by atoms with E-state index in [1.807, 2.05) is 6.20 Å². The molecule has 1 aliphatic carbocycles. The minimum Gasteiger partial charge on any atom is -0.381 e. The van der Waals surface area contributed by atoms with E-state index in [0.29, 0.717) is 12.0 Å². The van der Waals surface area contributed by atoms with E-state index in [-0.39, 0.29) is 0 Å². The molecule has 0 radical (unpaired) electrons. The molecule has 0 amide bonds. The van der Waals surface area contributed by atoms with Gasteiger partial charge in [0.15, 0.2) is 0 Å². The predicted octanol–water partition coefficient (Wildman–Crippen LogP) is 1.40. The van der Waals surface area contributed by atoms with E-state index in [4.69, 9.17) is 10.5 Å². The van der Waals surface area contributed by atoms with Crippen LogP contribution in [0.25, 0.3) is 0 Å². The summed E-state index contributed by atoms with van der Waals surface area (Å²) in [7, 11) is 0. The first kappa shape index (κ1) is 10.2. The molecule has 3 nitrogen and oxygen atoms in total. The fourth-order valence-corrected chi connectivity index (χ4v) is 2.75. The van der Waals surface area contributed by atoms with Gasteiger partial charge < -0.3 is 10.5 Å². The van der Waals surface area contributed by atoms with Crippen LogP contribution in [0.4, 0.5) is 0 Å². The Morgan fingerprint density at radius 3 is 3.00 bits per heavy atom. The molecule has 2 unspecified atom stereocenters. The summed E-state index contributed by atoms with van der Waals surface area (Å²) in [6.45, 7) is 1.74. The van der Waals surface area contributed by atoms with Crippen molar-refractivity contribution in [2.75, 3.05) is 13.2 Å². The molecule has 1 aromatic rings. The number of hydrogen-bond donors (Lipinski definition) is 1. The molecule has 1 saturated heterocycles. The number of nitrogens with two attached hydrogens (primary N) is 1. The lowest BCUT2D eigenvalue weighted by Crippen LogP contribution is -2.19. The van der Waals surface area contributed by atoms with E-state index in [9.17, 15) is 0 Å². The van der Waals surface area contributed by atoms with Crippen LogP contribution in [0.2, 0.25) is 0 Å². The van der Waals surface area contributed by atoms with Crippen LogP contribution in [-0.4, -0.2) is 24.2 Å². The topological polar surface area (TPSA) is 48.1 Å². The van der Waals surface area contributed by atoms with Crippen molar-refractivity contribution in [3.63, 3.8) is 0 Å². The maximum Gasteiger partial charge on any atom is 0.0549 e. The molecule has 0 spiro atoms. The Morgan fingerprint density at radius 2 is 2.19 bits per heavy atom. The normalized spacial score (nSPS) is 29.1. The van der Waals surface area contributed by atoms with Gasteiger partial charge in [-0.2, -0.15) is 0 Å². The molecule has 1 aliphatic heterocycles. The summed E-state index contributed by atoms with van der Waals surface area (Å²) in [5.74, 6) is 0.496. The predicted molar refractivity (Wildman–Crippen MR) is 62.4 cm³/mol. The van der Waals surface area contributed by atoms with Gasteiger partial charge in [-0.3, -0.25) is 4.98 Å². The lowest BCUT2D eigenvalue weighted by Gasteiger charge is -2.21. The minimum absolute atomic E-state index is 0.301. The third-order valence-electron chi connectivity index (χ3n) is 3.65. The van der Waals surface area contributed by atoms with E-state index in [2.05, 4.69) is 11.1 Å². The number of fused-ring (bicyclic) bond motifs is 1. The molecule has 2 heterocycles. The minimum atomic E-state index is 0.301. The summed E-state index contributed by atoms with van der Waals surface area (Å²) in [4.78, 5) is 4.57. The second-order valence-corrected chi connectivity index (χ2v) is 4.96. The van der Waals surface area contributed by atoms with Gasteiger partial charge in [0.05, 0.1) is 6.61 Å². The van der Waals surface area contributed by atoms with Crippen molar-refractivity contribution in [2.45, 2.75) is 37.6 Å². The Labute approximate surface area is 96.0 Å². The highest BCUT2D eigenvalue weighted by Gasteiger charge is 2.22. The average Bonchev–Trinajstić information content (AvgIpc) is 2.69. The number of ether oxygens (including phenoxy) is 1. The highest BCUT2D eigenvalue weighted by molar-refractivity contribution is 5.34. The zero-order chi connectivity index (χ0) is 11.0. The molecule has 2 atom stereocenters. The monoisotopic (exact) mass is 218 g/mol. The third-order valence-corrected chi connectivity index (χ3v) is 3.65. The maximum absolute atomic E-state index is 5.96. The summed E-state index contributed by atoms with van der Waals surface area (Å²) in [6, 6.07) is 2.55. The van der Waals surface area contributed by atoms with Gasteiger partial charge in [-0.15, -0.1) is 0 Å². The van der Waals surface area contributed by atoms with Crippen molar-refractivity contribution in [3.8, 4) is 0 Å². The molecule has 1 aromatic heterocycles. The van der Waals surface area contributed by atoms with Crippen molar-refractivity contribution in [3.05, 3.63) is 29.1 Å². The molecule has 2 N–H and O–H groups in total. The number of nitrogens with zero attached hydrogens (tertiary/aromatic N) is 1. The fourth-order valence-electron chi connectivity index (χ4n) is 2.75. The van der Waals surface area contributed by atoms with Crippen LogP contribution >= 0.6 is 0 Å². The van der Waals surface area contributed by atoms with E-state index in [1.54, 1.807) is 0 Å². The molecule has 0 bridgehead atoms. The first-order valence-electron chi connectivity index (χ1n) is 6.14. The van der Waals surface area contributed by atoms with Gasteiger partial charge in [0.1, 0.15) is 0 Å². The largest absolute Gasteiger partial charge is 0.381 e. The van der Waals surface area contributed by atoms with Crippen LogP contribution in [0.15, 0.2) is 12.3 Å². The second-order valence-electron chi connectivity index (χ2n) is 4.96. The molecule has 2 aliphatic rings. The zero-order valence-corrected chi connectivity index (χ0v) is 9.48. The molecular formula is C13H18N2O. The van der Waals surface area contributed by atoms with Crippen molar-refractivity contribution in [1.82, 2.24) is 4.98 Å². The highest BCUT2D eigenvalue weighted by atomic mass is 16.5. The lowest BCUT2D eigenvalue weighted by atomic mass is 9.96. The molecule has 3 rings (SSSR count). The van der Waals surface area contributed by atoms with Crippen LogP contribution < -0.4 is 5.73 Å². The number of pyridine rings is 1. The molecule has 86 valence electrons. The third kappa shape index (κ3) is 1.85. The number of hydrogen-bond acceptors (Lipinski definition) is 3. The van der Waals surface area contributed by atoms with Crippen molar-refractivity contribution >= 4 is 0 Å². The first-order chi connectivity index (χ1) is 7.83. The van der Waals surface area contributed by atoms with Gasteiger partial charge in [0.25, 0.3) is 0 Å². The quantitative estimate of drug-likeness (QED) is 0.775. The van der Waals surface area contributed by atoms with Crippen LogP contribution in [0.1, 0.15) is 35.6 Å². The molecule has 3 heteroatoms. The Balaban J connectivity index is 1.84. The smallest absolute Gasteiger partial charge is 0.0549 e. The average molecular weight is 218 g/mol. The Morgan fingerprint density at radius 1 is 1.31 bits per heavy atom. The molecular weight excluding hydrogens is 200 g/mol. The summed E-state index contributed by atoms with van der Waals surface area (Å²) < 4.78 is 5.51. The van der Waals surface area contributed by atoms with E-state index in [1.165, 1.54) is 23.2 Å². The van der Waals surface area contributed by atoms with Crippen LogP contribution in [0, 0.1) is 0 Å². The number of aromatic nitrogens is 1. The summed E-state index contributed by atoms with van der Waals surface area (Å²) >= 11 is 0. The van der Waals surface area contributed by atoms with Gasteiger partial charge in [0.2, 0.25) is 0 Å². The maximum atomic E-state index is 5.96. The van der Waals surface area contributed by atoms with E-state index < -0.39 is 0 Å². The summed E-state index contributed by atoms with van der Waals surface area (Å²) in [6.07, 6.45) is 6.38. The molecule has 0 saturated carbocycles. The van der Waals surface area contributed by atoms with Crippen LogP contribution in [0.3, 0.4) is 0 Å². The van der Waals surface area contributed by atoms with Crippen LogP contribution in [0.5, 0.6) is 0 Å². The van der Waals surface area contributed by atoms with Crippen molar-refractivity contribution < 1.29 is 4.74 Å². The summed E-state index contributed by atoms with van der Waals surface area (Å²) in [5, 5.41) is 0. The number of rotatable bonds is 1.